The molecule has 6 nitrogen and oxygen atoms in total. The number of fused-ring (bicyclic) bond motifs is 1. The summed E-state index contributed by atoms with van der Waals surface area (Å²) in [6.07, 6.45) is 5.52. The highest BCUT2D eigenvalue weighted by Gasteiger charge is 2.38. The summed E-state index contributed by atoms with van der Waals surface area (Å²) in [5, 5.41) is 3.36. The maximum atomic E-state index is 12.6. The molecule has 1 aromatic carbocycles. The Bertz CT molecular complexity index is 1090. The molecular formula is C24H30F3N5O. The molecule has 33 heavy (non-hydrogen) atoms. The van der Waals surface area contributed by atoms with Gasteiger partial charge in [-0.25, -0.2) is 4.98 Å². The van der Waals surface area contributed by atoms with Crippen LogP contribution < -0.4 is 0 Å². The molecule has 0 aliphatic carbocycles. The van der Waals surface area contributed by atoms with E-state index in [1.165, 1.54) is 6.08 Å². The summed E-state index contributed by atoms with van der Waals surface area (Å²) in [6, 6.07) is 5.85. The zero-order valence-corrected chi connectivity index (χ0v) is 19.3. The summed E-state index contributed by atoms with van der Waals surface area (Å²) in [5.41, 5.74) is 2.70. The molecule has 0 saturated carbocycles. The van der Waals surface area contributed by atoms with E-state index >= 15 is 0 Å². The number of likely N-dealkylation sites (N-methyl/N-ethyl adjacent to an activating group) is 1. The molecule has 0 atom stereocenters. The first-order chi connectivity index (χ1) is 15.9. The summed E-state index contributed by atoms with van der Waals surface area (Å²) >= 11 is 0. The van der Waals surface area contributed by atoms with E-state index in [-0.39, 0.29) is 5.82 Å². The van der Waals surface area contributed by atoms with Gasteiger partial charge in [-0.2, -0.15) is 18.2 Å². The predicted molar refractivity (Wildman–Crippen MR) is 124 cm³/mol. The molecule has 0 fully saturated rings. The average Bonchev–Trinajstić information content (AvgIpc) is 3.40. The molecule has 0 amide bonds. The normalized spacial score (nSPS) is 12.8. The van der Waals surface area contributed by atoms with E-state index in [0.29, 0.717) is 0 Å². The Morgan fingerprint density at radius 3 is 2.52 bits per heavy atom. The fourth-order valence-corrected chi connectivity index (χ4v) is 3.61. The van der Waals surface area contributed by atoms with E-state index in [2.05, 4.69) is 57.1 Å². The summed E-state index contributed by atoms with van der Waals surface area (Å²) in [5.74, 6) is -0.450. The van der Waals surface area contributed by atoms with Crippen LogP contribution in [0.25, 0.3) is 23.2 Å². The number of imidazole rings is 1. The second kappa shape index (κ2) is 11.3. The molecule has 2 heterocycles. The summed E-state index contributed by atoms with van der Waals surface area (Å²) in [6.45, 7) is 10.2. The average molecular weight is 462 g/mol. The minimum atomic E-state index is -4.65. The van der Waals surface area contributed by atoms with Crippen LogP contribution in [0.2, 0.25) is 0 Å². The number of rotatable bonds is 11. The van der Waals surface area contributed by atoms with Crippen LogP contribution in [0, 0.1) is 0 Å². The van der Waals surface area contributed by atoms with E-state index in [1.54, 1.807) is 6.08 Å². The van der Waals surface area contributed by atoms with Crippen LogP contribution in [-0.2, 0) is 19.1 Å². The van der Waals surface area contributed by atoms with Crippen LogP contribution in [0.4, 0.5) is 13.2 Å². The first-order valence-corrected chi connectivity index (χ1v) is 11.3. The molecule has 0 saturated heterocycles. The van der Waals surface area contributed by atoms with Crippen molar-refractivity contribution < 1.29 is 17.7 Å². The van der Waals surface area contributed by atoms with Gasteiger partial charge in [-0.3, -0.25) is 0 Å². The van der Waals surface area contributed by atoms with Crippen molar-refractivity contribution in [2.75, 3.05) is 19.6 Å². The SMILES string of the molecule is CC/C=C\CCc1nc2cc(/C=C/c3noc(C(F)(F)F)n3)ccc2n1CCN(CC)CC. The zero-order valence-electron chi connectivity index (χ0n) is 19.3. The maximum Gasteiger partial charge on any atom is 0.471 e. The highest BCUT2D eigenvalue weighted by atomic mass is 19.4. The molecule has 0 aliphatic heterocycles. The zero-order chi connectivity index (χ0) is 23.8. The Labute approximate surface area is 191 Å². The number of benzene rings is 1. The van der Waals surface area contributed by atoms with Gasteiger partial charge in [0.15, 0.2) is 5.82 Å². The second-order valence-electron chi connectivity index (χ2n) is 7.66. The van der Waals surface area contributed by atoms with Crippen molar-refractivity contribution >= 4 is 23.2 Å². The molecule has 178 valence electrons. The topological polar surface area (TPSA) is 60.0 Å². The number of nitrogens with zero attached hydrogens (tertiary/aromatic N) is 5. The Balaban J connectivity index is 1.84. The Morgan fingerprint density at radius 1 is 1.06 bits per heavy atom. The van der Waals surface area contributed by atoms with Crippen LogP contribution in [0.15, 0.2) is 34.9 Å². The highest BCUT2D eigenvalue weighted by molar-refractivity contribution is 5.81. The largest absolute Gasteiger partial charge is 0.471 e. The van der Waals surface area contributed by atoms with Gasteiger partial charge in [-0.15, -0.1) is 0 Å². The van der Waals surface area contributed by atoms with E-state index < -0.39 is 12.1 Å². The van der Waals surface area contributed by atoms with Gasteiger partial charge >= 0.3 is 12.1 Å². The summed E-state index contributed by atoms with van der Waals surface area (Å²) < 4.78 is 44.4. The molecule has 9 heteroatoms. The van der Waals surface area contributed by atoms with E-state index in [0.717, 1.165) is 67.9 Å². The standard InChI is InChI=1S/C24H30F3N5O/c1-4-7-8-9-10-22-28-19-17-18(12-14-21-29-23(33-30-21)24(25,26)27)11-13-20(19)32(22)16-15-31(5-2)6-3/h7-8,11-14,17H,4-6,9-10,15-16H2,1-3H3/b8-7-,14-12+. The van der Waals surface area contributed by atoms with Gasteiger partial charge < -0.3 is 14.0 Å². The van der Waals surface area contributed by atoms with E-state index in [1.807, 2.05) is 18.2 Å². The number of hydrogen-bond donors (Lipinski definition) is 0. The van der Waals surface area contributed by atoms with Crippen molar-refractivity contribution in [2.24, 2.45) is 0 Å². The third-order valence-corrected chi connectivity index (χ3v) is 5.43. The molecule has 3 aromatic rings. The molecule has 3 rings (SSSR count). The fourth-order valence-electron chi connectivity index (χ4n) is 3.61. The molecular weight excluding hydrogens is 431 g/mol. The third kappa shape index (κ3) is 6.54. The minimum absolute atomic E-state index is 0.129. The molecule has 0 radical (unpaired) electrons. The van der Waals surface area contributed by atoms with Crippen LogP contribution in [0.5, 0.6) is 0 Å². The smallest absolute Gasteiger partial charge is 0.329 e. The highest BCUT2D eigenvalue weighted by Crippen LogP contribution is 2.27. The van der Waals surface area contributed by atoms with Crippen molar-refractivity contribution in [3.8, 4) is 0 Å². The van der Waals surface area contributed by atoms with Gasteiger partial charge in [0.2, 0.25) is 0 Å². The Hall–Kier alpha value is -2.94. The minimum Gasteiger partial charge on any atom is -0.329 e. The van der Waals surface area contributed by atoms with Gasteiger partial charge in [0, 0.05) is 19.5 Å². The third-order valence-electron chi connectivity index (χ3n) is 5.43. The van der Waals surface area contributed by atoms with Crippen molar-refractivity contribution in [3.63, 3.8) is 0 Å². The number of halogens is 3. The number of aryl methyl sites for hydroxylation is 1. The molecule has 2 aromatic heterocycles. The summed E-state index contributed by atoms with van der Waals surface area (Å²) in [7, 11) is 0. The van der Waals surface area contributed by atoms with E-state index in [9.17, 15) is 13.2 Å². The predicted octanol–water partition coefficient (Wildman–Crippen LogP) is 5.85. The van der Waals surface area contributed by atoms with Crippen molar-refractivity contribution in [1.82, 2.24) is 24.6 Å². The molecule has 0 aliphatic rings. The van der Waals surface area contributed by atoms with Crippen LogP contribution >= 0.6 is 0 Å². The van der Waals surface area contributed by atoms with E-state index in [4.69, 9.17) is 4.98 Å². The van der Waals surface area contributed by atoms with Gasteiger partial charge in [0.1, 0.15) is 5.82 Å². The number of alkyl halides is 3. The van der Waals surface area contributed by atoms with Crippen LogP contribution in [0.3, 0.4) is 0 Å². The van der Waals surface area contributed by atoms with Gasteiger partial charge in [0.05, 0.1) is 11.0 Å². The first kappa shape index (κ1) is 24.7. The monoisotopic (exact) mass is 461 g/mol. The van der Waals surface area contributed by atoms with Crippen molar-refractivity contribution in [2.45, 2.75) is 52.8 Å². The van der Waals surface area contributed by atoms with Gasteiger partial charge in [-0.05, 0) is 49.7 Å². The fraction of sp³-hybridized carbons (Fsp3) is 0.458. The molecule has 0 spiro atoms. The number of hydrogen-bond acceptors (Lipinski definition) is 5. The Kier molecular flexibility index (Phi) is 8.43. The second-order valence-corrected chi connectivity index (χ2v) is 7.66. The lowest BCUT2D eigenvalue weighted by molar-refractivity contribution is -0.159. The van der Waals surface area contributed by atoms with Gasteiger partial charge in [-0.1, -0.05) is 50.2 Å². The number of allylic oxidation sites excluding steroid dienone is 2. The quantitative estimate of drug-likeness (QED) is 0.335. The molecule has 0 N–H and O–H groups in total. The lowest BCUT2D eigenvalue weighted by Gasteiger charge is -2.19. The van der Waals surface area contributed by atoms with Crippen LogP contribution in [0.1, 0.15) is 56.7 Å². The lowest BCUT2D eigenvalue weighted by atomic mass is 10.2. The Morgan fingerprint density at radius 2 is 1.85 bits per heavy atom. The molecule has 0 unspecified atom stereocenters. The van der Waals surface area contributed by atoms with Gasteiger partial charge in [0.25, 0.3) is 0 Å². The maximum absolute atomic E-state index is 12.6. The van der Waals surface area contributed by atoms with Crippen molar-refractivity contribution in [3.05, 3.63) is 53.5 Å². The number of aromatic nitrogens is 4. The first-order valence-electron chi connectivity index (χ1n) is 11.3. The summed E-state index contributed by atoms with van der Waals surface area (Å²) in [4.78, 5) is 10.6. The molecule has 0 bridgehead atoms. The van der Waals surface area contributed by atoms with Crippen molar-refractivity contribution in [1.29, 1.82) is 0 Å². The van der Waals surface area contributed by atoms with Crippen LogP contribution in [-0.4, -0.2) is 44.2 Å². The lowest BCUT2D eigenvalue weighted by Crippen LogP contribution is -2.27.